The molecule has 0 aromatic heterocycles. The molecule has 0 unspecified atom stereocenters. The molecule has 0 saturated heterocycles. The second kappa shape index (κ2) is 9.97. The molecule has 0 fully saturated rings. The first-order chi connectivity index (χ1) is 14.4. The zero-order valence-corrected chi connectivity index (χ0v) is 18.1. The van der Waals surface area contributed by atoms with E-state index in [2.05, 4.69) is 39.3 Å². The number of halogens is 4. The number of hydrogen-bond acceptors (Lipinski definition) is 2. The summed E-state index contributed by atoms with van der Waals surface area (Å²) < 4.78 is 39.3. The molecular weight excluding hydrogens is 504 g/mol. The van der Waals surface area contributed by atoms with E-state index in [1.165, 1.54) is 11.6 Å². The molecular formula is C23H20F3IN2O. The lowest BCUT2D eigenvalue weighted by atomic mass is 10.1. The van der Waals surface area contributed by atoms with Crippen LogP contribution in [0.5, 0.6) is 0 Å². The maximum absolute atomic E-state index is 12.8. The van der Waals surface area contributed by atoms with Gasteiger partial charge >= 0.3 is 6.18 Å². The fourth-order valence-corrected chi connectivity index (χ4v) is 3.59. The van der Waals surface area contributed by atoms with Crippen LogP contribution in [0, 0.1) is 0 Å². The summed E-state index contributed by atoms with van der Waals surface area (Å²) in [5.74, 6) is -0.331. The molecule has 3 nitrogen and oxygen atoms in total. The van der Waals surface area contributed by atoms with Gasteiger partial charge in [0, 0.05) is 28.8 Å². The summed E-state index contributed by atoms with van der Waals surface area (Å²) in [6.45, 7) is 0.652. The molecule has 7 heteroatoms. The molecule has 0 saturated carbocycles. The van der Waals surface area contributed by atoms with Gasteiger partial charge in [0.1, 0.15) is 0 Å². The highest BCUT2D eigenvalue weighted by Crippen LogP contribution is 2.29. The van der Waals surface area contributed by atoms with Crippen LogP contribution in [0.2, 0.25) is 0 Å². The third kappa shape index (κ3) is 5.98. The van der Waals surface area contributed by atoms with Crippen LogP contribution in [0.3, 0.4) is 0 Å². The van der Waals surface area contributed by atoms with Gasteiger partial charge in [0.05, 0.1) is 5.56 Å². The van der Waals surface area contributed by atoms with E-state index in [4.69, 9.17) is 0 Å². The molecule has 0 atom stereocenters. The monoisotopic (exact) mass is 524 g/mol. The average molecular weight is 524 g/mol. The highest BCUT2D eigenvalue weighted by atomic mass is 127. The van der Waals surface area contributed by atoms with Crippen LogP contribution >= 0.6 is 22.6 Å². The molecule has 0 heterocycles. The summed E-state index contributed by atoms with van der Waals surface area (Å²) in [5.41, 5.74) is 3.45. The minimum absolute atomic E-state index is 0.0269. The van der Waals surface area contributed by atoms with Gasteiger partial charge in [-0.2, -0.15) is 13.2 Å². The summed E-state index contributed by atoms with van der Waals surface area (Å²) in [5, 5.41) is 6.06. The molecule has 3 aromatic carbocycles. The van der Waals surface area contributed by atoms with Crippen molar-refractivity contribution in [3.05, 3.63) is 101 Å². The normalized spacial score (nSPS) is 11.2. The molecule has 156 valence electrons. The van der Waals surface area contributed by atoms with Gasteiger partial charge in [-0.25, -0.2) is 0 Å². The summed E-state index contributed by atoms with van der Waals surface area (Å²) in [4.78, 5) is 12.3. The maximum atomic E-state index is 12.8. The number of anilines is 1. The Balaban J connectivity index is 1.56. The first-order valence-electron chi connectivity index (χ1n) is 9.28. The highest BCUT2D eigenvalue weighted by molar-refractivity contribution is 14.1. The van der Waals surface area contributed by atoms with E-state index < -0.39 is 11.7 Å². The summed E-state index contributed by atoms with van der Waals surface area (Å²) in [7, 11) is 0. The van der Waals surface area contributed by atoms with Crippen LogP contribution < -0.4 is 10.6 Å². The van der Waals surface area contributed by atoms with E-state index in [-0.39, 0.29) is 12.5 Å². The number of benzene rings is 3. The lowest BCUT2D eigenvalue weighted by Gasteiger charge is -2.11. The number of hydrogen-bond donors (Lipinski definition) is 2. The van der Waals surface area contributed by atoms with Crippen LogP contribution in [-0.2, 0) is 23.7 Å². The minimum Gasteiger partial charge on any atom is -0.381 e. The van der Waals surface area contributed by atoms with E-state index in [1.807, 2.05) is 30.3 Å². The average Bonchev–Trinajstić information content (AvgIpc) is 2.76. The Kier molecular flexibility index (Phi) is 7.36. The lowest BCUT2D eigenvalue weighted by molar-refractivity contribution is -0.137. The predicted molar refractivity (Wildman–Crippen MR) is 121 cm³/mol. The van der Waals surface area contributed by atoms with Crippen LogP contribution in [0.1, 0.15) is 32.6 Å². The van der Waals surface area contributed by atoms with Crippen molar-refractivity contribution in [2.75, 3.05) is 5.32 Å². The Hall–Kier alpha value is -2.55. The standard InChI is InChI=1S/C23H20F3IN2O/c24-23(25,26)20-6-3-4-17(12-20)15-29-22(30)18-10-8-16(9-11-18)14-28-21-7-2-1-5-19(21)13-27/h1-12,28H,13-15H2,(H,29,30). The maximum Gasteiger partial charge on any atom is 0.416 e. The molecule has 3 aromatic rings. The van der Waals surface area contributed by atoms with Gasteiger partial charge in [-0.1, -0.05) is 65.1 Å². The summed E-state index contributed by atoms with van der Waals surface area (Å²) >= 11 is 2.32. The Labute approximate surface area is 186 Å². The molecule has 0 radical (unpaired) electrons. The first-order valence-corrected chi connectivity index (χ1v) is 10.8. The van der Waals surface area contributed by atoms with Crippen molar-refractivity contribution in [3.8, 4) is 0 Å². The topological polar surface area (TPSA) is 41.1 Å². The van der Waals surface area contributed by atoms with Crippen molar-refractivity contribution in [3.63, 3.8) is 0 Å². The molecule has 3 rings (SSSR count). The van der Waals surface area contributed by atoms with Gasteiger partial charge in [0.2, 0.25) is 0 Å². The largest absolute Gasteiger partial charge is 0.416 e. The van der Waals surface area contributed by atoms with Crippen molar-refractivity contribution >= 4 is 34.2 Å². The smallest absolute Gasteiger partial charge is 0.381 e. The molecule has 30 heavy (non-hydrogen) atoms. The van der Waals surface area contributed by atoms with E-state index in [0.717, 1.165) is 27.8 Å². The second-order valence-corrected chi connectivity index (χ2v) is 7.48. The van der Waals surface area contributed by atoms with Crippen LogP contribution in [0.25, 0.3) is 0 Å². The van der Waals surface area contributed by atoms with Crippen LogP contribution in [0.4, 0.5) is 18.9 Å². The quantitative estimate of drug-likeness (QED) is 0.286. The van der Waals surface area contributed by atoms with Gasteiger partial charge in [-0.15, -0.1) is 0 Å². The fourth-order valence-electron chi connectivity index (χ4n) is 2.92. The SMILES string of the molecule is O=C(NCc1cccc(C(F)(F)F)c1)c1ccc(CNc2ccccc2CI)cc1. The highest BCUT2D eigenvalue weighted by Gasteiger charge is 2.30. The third-order valence-corrected chi connectivity index (χ3v) is 5.39. The van der Waals surface area contributed by atoms with Gasteiger partial charge in [-0.3, -0.25) is 4.79 Å². The predicted octanol–water partition coefficient (Wildman–Crippen LogP) is 6.18. The van der Waals surface area contributed by atoms with Crippen molar-refractivity contribution < 1.29 is 18.0 Å². The molecule has 0 aliphatic rings. The summed E-state index contributed by atoms with van der Waals surface area (Å²) in [6, 6.07) is 20.2. The summed E-state index contributed by atoms with van der Waals surface area (Å²) in [6.07, 6.45) is -4.40. The van der Waals surface area contributed by atoms with Crippen molar-refractivity contribution in [2.24, 2.45) is 0 Å². The Morgan fingerprint density at radius 1 is 0.867 bits per heavy atom. The Bertz CT molecular complexity index is 1000. The zero-order chi connectivity index (χ0) is 21.6. The molecule has 1 amide bonds. The van der Waals surface area contributed by atoms with E-state index >= 15 is 0 Å². The van der Waals surface area contributed by atoms with Crippen LogP contribution in [-0.4, -0.2) is 5.91 Å². The van der Waals surface area contributed by atoms with Crippen LogP contribution in [0.15, 0.2) is 72.8 Å². The number of nitrogens with one attached hydrogen (secondary N) is 2. The van der Waals surface area contributed by atoms with E-state index in [0.29, 0.717) is 17.7 Å². The fraction of sp³-hybridized carbons (Fsp3) is 0.174. The third-order valence-electron chi connectivity index (χ3n) is 4.57. The minimum atomic E-state index is -4.40. The van der Waals surface area contributed by atoms with Gasteiger partial charge in [0.15, 0.2) is 0 Å². The van der Waals surface area contributed by atoms with Gasteiger partial charge < -0.3 is 10.6 Å². The molecule has 2 N–H and O–H groups in total. The number of amides is 1. The molecule has 0 bridgehead atoms. The number of carbonyl (C=O) groups excluding carboxylic acids is 1. The van der Waals surface area contributed by atoms with E-state index in [1.54, 1.807) is 18.2 Å². The van der Waals surface area contributed by atoms with Crippen molar-refractivity contribution in [1.82, 2.24) is 5.32 Å². The van der Waals surface area contributed by atoms with Gasteiger partial charge in [0.25, 0.3) is 5.91 Å². The Morgan fingerprint density at radius 2 is 1.60 bits per heavy atom. The number of carbonyl (C=O) groups is 1. The molecule has 0 spiro atoms. The molecule has 0 aliphatic carbocycles. The van der Waals surface area contributed by atoms with Gasteiger partial charge in [-0.05, 0) is 47.0 Å². The number of rotatable bonds is 7. The molecule has 0 aliphatic heterocycles. The lowest BCUT2D eigenvalue weighted by Crippen LogP contribution is -2.23. The Morgan fingerprint density at radius 3 is 2.30 bits per heavy atom. The second-order valence-electron chi connectivity index (χ2n) is 6.72. The zero-order valence-electron chi connectivity index (χ0n) is 16.0. The number of alkyl halides is 4. The number of para-hydroxylation sites is 1. The van der Waals surface area contributed by atoms with E-state index in [9.17, 15) is 18.0 Å². The first kappa shape index (κ1) is 22.1. The van der Waals surface area contributed by atoms with Crippen molar-refractivity contribution in [1.29, 1.82) is 0 Å². The van der Waals surface area contributed by atoms with Crippen molar-refractivity contribution in [2.45, 2.75) is 23.7 Å².